The molecule has 0 aromatic carbocycles. The highest BCUT2D eigenvalue weighted by Crippen LogP contribution is 2.20. The molecule has 0 spiro atoms. The van der Waals surface area contributed by atoms with Crippen molar-refractivity contribution in [2.24, 2.45) is 0 Å². The van der Waals surface area contributed by atoms with Crippen molar-refractivity contribution >= 4 is 5.91 Å². The predicted molar refractivity (Wildman–Crippen MR) is 90.5 cm³/mol. The van der Waals surface area contributed by atoms with E-state index in [-0.39, 0.29) is 17.9 Å². The molecule has 3 N–H and O–H groups in total. The monoisotopic (exact) mass is 322 g/mol. The van der Waals surface area contributed by atoms with Gasteiger partial charge in [0.05, 0.1) is 6.61 Å². The number of hydrogen-bond donors (Lipinski definition) is 3. The van der Waals surface area contributed by atoms with Gasteiger partial charge in [0.25, 0.3) is 5.91 Å². The van der Waals surface area contributed by atoms with E-state index in [2.05, 4.69) is 41.2 Å². The largest absolute Gasteiger partial charge is 0.395 e. The third kappa shape index (κ3) is 5.04. The first-order valence-electron chi connectivity index (χ1n) is 8.61. The van der Waals surface area contributed by atoms with Crippen molar-refractivity contribution in [3.05, 3.63) is 17.5 Å². The van der Waals surface area contributed by atoms with Gasteiger partial charge in [-0.3, -0.25) is 14.8 Å². The highest BCUT2D eigenvalue weighted by atomic mass is 16.3. The van der Waals surface area contributed by atoms with Crippen LogP contribution in [0.2, 0.25) is 0 Å². The molecular weight excluding hydrogens is 292 g/mol. The predicted octanol–water partition coefficient (Wildman–Crippen LogP) is 1.67. The molecule has 0 bridgehead atoms. The van der Waals surface area contributed by atoms with Crippen molar-refractivity contribution in [2.45, 2.75) is 57.9 Å². The molecule has 0 radical (unpaired) electrons. The molecule has 1 saturated heterocycles. The standard InChI is InChI=1S/C17H30N4O2/c1-17(2,3)15-11-14(19-20-15)16(23)18-8-4-5-9-21-10-6-7-13(21)12-22/h11,13,22H,4-10,12H2,1-3H3,(H,18,23)(H,19,20). The van der Waals surface area contributed by atoms with Crippen LogP contribution in [0.25, 0.3) is 0 Å². The molecule has 0 aliphatic carbocycles. The number of carbonyl (C=O) groups excluding carboxylic acids is 1. The second-order valence-corrected chi connectivity index (χ2v) is 7.39. The summed E-state index contributed by atoms with van der Waals surface area (Å²) in [6.07, 6.45) is 4.25. The van der Waals surface area contributed by atoms with Gasteiger partial charge in [-0.05, 0) is 44.8 Å². The Bertz CT molecular complexity index is 507. The topological polar surface area (TPSA) is 81.2 Å². The molecule has 1 fully saturated rings. The molecule has 6 nitrogen and oxygen atoms in total. The quantitative estimate of drug-likeness (QED) is 0.667. The van der Waals surface area contributed by atoms with E-state index >= 15 is 0 Å². The molecule has 1 amide bonds. The number of H-pyrrole nitrogens is 1. The van der Waals surface area contributed by atoms with Crippen LogP contribution in [0, 0.1) is 0 Å². The van der Waals surface area contributed by atoms with Crippen molar-refractivity contribution in [3.8, 4) is 0 Å². The minimum Gasteiger partial charge on any atom is -0.395 e. The number of aliphatic hydroxyl groups is 1. The number of hydrogen-bond acceptors (Lipinski definition) is 4. The van der Waals surface area contributed by atoms with Gasteiger partial charge in [-0.1, -0.05) is 20.8 Å². The summed E-state index contributed by atoms with van der Waals surface area (Å²) in [6, 6.07) is 2.16. The fourth-order valence-corrected chi connectivity index (χ4v) is 2.95. The molecule has 130 valence electrons. The van der Waals surface area contributed by atoms with Crippen molar-refractivity contribution < 1.29 is 9.90 Å². The van der Waals surface area contributed by atoms with Crippen LogP contribution >= 0.6 is 0 Å². The van der Waals surface area contributed by atoms with Crippen molar-refractivity contribution in [1.29, 1.82) is 0 Å². The number of amides is 1. The van der Waals surface area contributed by atoms with E-state index in [1.165, 1.54) is 6.42 Å². The van der Waals surface area contributed by atoms with Gasteiger partial charge in [0.15, 0.2) is 0 Å². The molecule has 1 aliphatic rings. The first kappa shape index (κ1) is 17.9. The lowest BCUT2D eigenvalue weighted by atomic mass is 9.92. The highest BCUT2D eigenvalue weighted by Gasteiger charge is 2.22. The lowest BCUT2D eigenvalue weighted by molar-refractivity contribution is 0.0947. The smallest absolute Gasteiger partial charge is 0.271 e. The summed E-state index contributed by atoms with van der Waals surface area (Å²) >= 11 is 0. The van der Waals surface area contributed by atoms with E-state index < -0.39 is 0 Å². The van der Waals surface area contributed by atoms with Crippen LogP contribution in [-0.2, 0) is 5.41 Å². The summed E-state index contributed by atoms with van der Waals surface area (Å²) in [5.41, 5.74) is 1.38. The number of likely N-dealkylation sites (tertiary alicyclic amines) is 1. The van der Waals surface area contributed by atoms with Crippen LogP contribution in [0.1, 0.15) is 62.6 Å². The molecule has 1 aliphatic heterocycles. The Morgan fingerprint density at radius 2 is 2.26 bits per heavy atom. The molecule has 1 aromatic rings. The maximum absolute atomic E-state index is 12.1. The number of rotatable bonds is 7. The van der Waals surface area contributed by atoms with Gasteiger partial charge in [-0.2, -0.15) is 5.10 Å². The van der Waals surface area contributed by atoms with Crippen molar-refractivity contribution in [3.63, 3.8) is 0 Å². The van der Waals surface area contributed by atoms with E-state index in [0.717, 1.165) is 38.0 Å². The van der Waals surface area contributed by atoms with Crippen LogP contribution < -0.4 is 5.32 Å². The SMILES string of the molecule is CC(C)(C)c1cc(C(=O)NCCCCN2CCCC2CO)n[nH]1. The first-order chi connectivity index (χ1) is 10.9. The van der Waals surface area contributed by atoms with Gasteiger partial charge in [-0.15, -0.1) is 0 Å². The molecule has 6 heteroatoms. The maximum Gasteiger partial charge on any atom is 0.271 e. The Hall–Kier alpha value is -1.40. The lowest BCUT2D eigenvalue weighted by Crippen LogP contribution is -2.33. The normalized spacial score (nSPS) is 19.2. The minimum atomic E-state index is -0.119. The van der Waals surface area contributed by atoms with E-state index in [1.54, 1.807) is 0 Å². The minimum absolute atomic E-state index is 0.0372. The molecule has 0 saturated carbocycles. The highest BCUT2D eigenvalue weighted by molar-refractivity contribution is 5.92. The summed E-state index contributed by atoms with van der Waals surface area (Å²) < 4.78 is 0. The van der Waals surface area contributed by atoms with Crippen LogP contribution in [0.3, 0.4) is 0 Å². The van der Waals surface area contributed by atoms with Gasteiger partial charge in [0, 0.05) is 23.7 Å². The number of aromatic nitrogens is 2. The lowest BCUT2D eigenvalue weighted by Gasteiger charge is -2.22. The van der Waals surface area contributed by atoms with Crippen LogP contribution in [-0.4, -0.2) is 58.4 Å². The molecule has 1 aromatic heterocycles. The van der Waals surface area contributed by atoms with Gasteiger partial charge in [0.2, 0.25) is 0 Å². The number of aliphatic hydroxyl groups excluding tert-OH is 1. The summed E-state index contributed by atoms with van der Waals surface area (Å²) in [6.45, 7) is 9.25. The number of nitrogens with one attached hydrogen (secondary N) is 2. The molecule has 2 rings (SSSR count). The average molecular weight is 322 g/mol. The van der Waals surface area contributed by atoms with Crippen LogP contribution in [0.5, 0.6) is 0 Å². The Morgan fingerprint density at radius 3 is 2.91 bits per heavy atom. The van der Waals surface area contributed by atoms with Gasteiger partial charge >= 0.3 is 0 Å². The van der Waals surface area contributed by atoms with Gasteiger partial charge < -0.3 is 10.4 Å². The van der Waals surface area contributed by atoms with Gasteiger partial charge in [-0.25, -0.2) is 0 Å². The average Bonchev–Trinajstić information content (AvgIpc) is 3.15. The molecule has 1 atom stereocenters. The van der Waals surface area contributed by atoms with Gasteiger partial charge in [0.1, 0.15) is 5.69 Å². The summed E-state index contributed by atoms with van der Waals surface area (Å²) in [7, 11) is 0. The number of nitrogens with zero attached hydrogens (tertiary/aromatic N) is 2. The maximum atomic E-state index is 12.1. The molecular formula is C17H30N4O2. The summed E-state index contributed by atoms with van der Waals surface area (Å²) in [5, 5.41) is 19.2. The third-order valence-corrected chi connectivity index (χ3v) is 4.49. The number of carbonyl (C=O) groups is 1. The Morgan fingerprint density at radius 1 is 1.48 bits per heavy atom. The molecule has 23 heavy (non-hydrogen) atoms. The van der Waals surface area contributed by atoms with E-state index in [9.17, 15) is 9.90 Å². The van der Waals surface area contributed by atoms with Crippen molar-refractivity contribution in [2.75, 3.05) is 26.2 Å². The van der Waals surface area contributed by atoms with Crippen molar-refractivity contribution in [1.82, 2.24) is 20.4 Å². The zero-order valence-corrected chi connectivity index (χ0v) is 14.6. The Balaban J connectivity index is 1.66. The van der Waals surface area contributed by atoms with E-state index in [4.69, 9.17) is 0 Å². The van der Waals surface area contributed by atoms with Crippen LogP contribution in [0.15, 0.2) is 6.07 Å². The second kappa shape index (κ2) is 7.93. The second-order valence-electron chi connectivity index (χ2n) is 7.39. The Labute approximate surface area is 138 Å². The van der Waals surface area contributed by atoms with E-state index in [1.807, 2.05) is 6.07 Å². The van der Waals surface area contributed by atoms with Crippen LogP contribution in [0.4, 0.5) is 0 Å². The summed E-state index contributed by atoms with van der Waals surface area (Å²) in [5.74, 6) is -0.119. The molecule has 1 unspecified atom stereocenters. The fourth-order valence-electron chi connectivity index (χ4n) is 2.95. The Kier molecular flexibility index (Phi) is 6.18. The zero-order valence-electron chi connectivity index (χ0n) is 14.6. The molecule has 2 heterocycles. The van der Waals surface area contributed by atoms with E-state index in [0.29, 0.717) is 18.3 Å². The summed E-state index contributed by atoms with van der Waals surface area (Å²) in [4.78, 5) is 14.4. The zero-order chi connectivity index (χ0) is 16.9. The number of unbranched alkanes of at least 4 members (excludes halogenated alkanes) is 1. The fraction of sp³-hybridized carbons (Fsp3) is 0.765. The third-order valence-electron chi connectivity index (χ3n) is 4.49. The number of aromatic amines is 1. The first-order valence-corrected chi connectivity index (χ1v) is 8.61.